The van der Waals surface area contributed by atoms with Gasteiger partial charge in [0.1, 0.15) is 25.4 Å². The molecule has 5 atom stereocenters. The Bertz CT molecular complexity index is 2330. The number of hydrogen-bond donors (Lipinski definition) is 4. The fourth-order valence-corrected chi connectivity index (χ4v) is 11.6. The highest BCUT2D eigenvalue weighted by molar-refractivity contribution is 7.47. The lowest BCUT2D eigenvalue weighted by molar-refractivity contribution is -0.161. The Kier molecular flexibility index (Phi) is 70.2. The summed E-state index contributed by atoms with van der Waals surface area (Å²) in [5.41, 5.74) is 0. The second-order valence-electron chi connectivity index (χ2n) is 25.4. The Morgan fingerprint density at radius 2 is 0.535 bits per heavy atom. The van der Waals surface area contributed by atoms with Crippen LogP contribution in [0.2, 0.25) is 0 Å². The van der Waals surface area contributed by atoms with E-state index in [0.717, 1.165) is 167 Å². The number of allylic oxidation sites excluding steroid dienone is 22. The first-order valence-electron chi connectivity index (χ1n) is 38.5. The van der Waals surface area contributed by atoms with Gasteiger partial charge in [-0.15, -0.1) is 0 Å². The van der Waals surface area contributed by atoms with Crippen molar-refractivity contribution in [3.05, 3.63) is 134 Å². The van der Waals surface area contributed by atoms with E-state index in [-0.39, 0.29) is 19.3 Å². The van der Waals surface area contributed by atoms with Crippen molar-refractivity contribution < 1.29 is 75.8 Å². The lowest BCUT2D eigenvalue weighted by Gasteiger charge is -2.21. The van der Waals surface area contributed by atoms with E-state index in [0.29, 0.717) is 19.3 Å². The molecule has 0 aliphatic rings. The van der Waals surface area contributed by atoms with E-state index < -0.39 is 91.5 Å². The molecular weight excluding hydrogens is 1290 g/mol. The van der Waals surface area contributed by atoms with Gasteiger partial charge in [0, 0.05) is 19.3 Å². The van der Waals surface area contributed by atoms with Crippen LogP contribution >= 0.6 is 15.6 Å². The molecule has 0 fully saturated rings. The molecular formula is C81H138O16P2. The summed E-state index contributed by atoms with van der Waals surface area (Å²) in [4.78, 5) is 58.6. The first kappa shape index (κ1) is 94.7. The molecule has 99 heavy (non-hydrogen) atoms. The number of hydrogen-bond acceptors (Lipinski definition) is 14. The summed E-state index contributed by atoms with van der Waals surface area (Å²) in [7, 11) is -9.79. The van der Waals surface area contributed by atoms with Crippen LogP contribution in [0.25, 0.3) is 0 Å². The molecule has 0 aromatic carbocycles. The number of esters is 3. The molecule has 0 saturated heterocycles. The predicted octanol–water partition coefficient (Wildman–Crippen LogP) is 22.3. The van der Waals surface area contributed by atoms with Gasteiger partial charge in [0.15, 0.2) is 6.10 Å². The van der Waals surface area contributed by atoms with E-state index in [1.165, 1.54) is 77.0 Å². The van der Waals surface area contributed by atoms with Crippen molar-refractivity contribution in [3.8, 4) is 0 Å². The molecule has 0 saturated carbocycles. The van der Waals surface area contributed by atoms with Gasteiger partial charge in [0.2, 0.25) is 0 Å². The molecule has 0 aliphatic carbocycles. The number of phosphoric acid groups is 2. The van der Waals surface area contributed by atoms with Gasteiger partial charge in [-0.2, -0.15) is 0 Å². The molecule has 0 amide bonds. The van der Waals surface area contributed by atoms with Gasteiger partial charge in [-0.1, -0.05) is 283 Å². The molecule has 0 spiro atoms. The van der Waals surface area contributed by atoms with Crippen molar-refractivity contribution in [1.82, 2.24) is 0 Å². The molecule has 4 N–H and O–H groups in total. The summed E-state index contributed by atoms with van der Waals surface area (Å²) < 4.78 is 61.1. The van der Waals surface area contributed by atoms with Crippen LogP contribution in [-0.4, -0.2) is 95.9 Å². The number of carbonyl (C=O) groups excluding carboxylic acids is 3. The van der Waals surface area contributed by atoms with Crippen LogP contribution in [0, 0.1) is 0 Å². The Labute approximate surface area is 601 Å². The van der Waals surface area contributed by atoms with Crippen LogP contribution in [0.1, 0.15) is 303 Å². The highest BCUT2D eigenvalue weighted by Gasteiger charge is 2.29. The van der Waals surface area contributed by atoms with E-state index in [1.54, 1.807) is 0 Å². The smallest absolute Gasteiger partial charge is 0.463 e. The highest BCUT2D eigenvalue weighted by atomic mass is 31.2. The molecule has 0 rings (SSSR count). The predicted molar refractivity (Wildman–Crippen MR) is 408 cm³/mol. The van der Waals surface area contributed by atoms with Crippen molar-refractivity contribution in [1.29, 1.82) is 0 Å². The zero-order chi connectivity index (χ0) is 72.3. The SMILES string of the molecule is CC/C=C\C/C=C\C/C=C\C/C=C\C/C=C\CCCCCCCCCCCC(=O)OCC(O)COP(=O)(O)OCC(O)COP(=O)(O)OCC(COC(=O)CCCCCCCCCCC/C=C\C/C=C\C/C=C\C/C=C\C/C=C\CC)OC(=O)CCCCCCC/C=C\CCCCCC. The van der Waals surface area contributed by atoms with Crippen molar-refractivity contribution in [3.63, 3.8) is 0 Å². The van der Waals surface area contributed by atoms with Crippen LogP contribution in [-0.2, 0) is 55.8 Å². The lowest BCUT2D eigenvalue weighted by atomic mass is 10.1. The van der Waals surface area contributed by atoms with Gasteiger partial charge in [-0.3, -0.25) is 32.5 Å². The summed E-state index contributed by atoms with van der Waals surface area (Å²) in [6.07, 6.45) is 87.8. The van der Waals surface area contributed by atoms with Crippen LogP contribution < -0.4 is 0 Å². The number of unbranched alkanes of at least 4 members (excludes halogenated alkanes) is 27. The lowest BCUT2D eigenvalue weighted by Crippen LogP contribution is -2.30. The Morgan fingerprint density at radius 3 is 0.859 bits per heavy atom. The average molecular weight is 1430 g/mol. The number of aliphatic hydroxyl groups excluding tert-OH is 2. The van der Waals surface area contributed by atoms with Gasteiger partial charge in [0.25, 0.3) is 0 Å². The second-order valence-corrected chi connectivity index (χ2v) is 28.3. The average Bonchev–Trinajstić information content (AvgIpc) is 1.37. The van der Waals surface area contributed by atoms with Crippen molar-refractivity contribution in [2.24, 2.45) is 0 Å². The van der Waals surface area contributed by atoms with E-state index in [1.807, 2.05) is 0 Å². The maximum Gasteiger partial charge on any atom is 0.472 e. The summed E-state index contributed by atoms with van der Waals surface area (Å²) >= 11 is 0. The first-order chi connectivity index (χ1) is 48.2. The molecule has 0 radical (unpaired) electrons. The van der Waals surface area contributed by atoms with Crippen LogP contribution in [0.5, 0.6) is 0 Å². The molecule has 0 aromatic rings. The minimum absolute atomic E-state index is 0.0908. The number of ether oxygens (including phenoxy) is 3. The third-order valence-electron chi connectivity index (χ3n) is 15.8. The Morgan fingerprint density at radius 1 is 0.293 bits per heavy atom. The third-order valence-corrected chi connectivity index (χ3v) is 17.7. The van der Waals surface area contributed by atoms with Gasteiger partial charge in [-0.05, 0) is 135 Å². The minimum atomic E-state index is -4.93. The van der Waals surface area contributed by atoms with Crippen molar-refractivity contribution in [2.45, 2.75) is 322 Å². The fourth-order valence-electron chi connectivity index (χ4n) is 10.0. The van der Waals surface area contributed by atoms with Gasteiger partial charge in [0.05, 0.1) is 26.4 Å². The third kappa shape index (κ3) is 74.7. The maximum atomic E-state index is 12.9. The largest absolute Gasteiger partial charge is 0.472 e. The van der Waals surface area contributed by atoms with E-state index in [9.17, 15) is 43.5 Å². The summed E-state index contributed by atoms with van der Waals surface area (Å²) in [6, 6.07) is 0. The van der Waals surface area contributed by atoms with Gasteiger partial charge in [-0.25, -0.2) is 9.13 Å². The summed E-state index contributed by atoms with van der Waals surface area (Å²) in [6.45, 7) is 2.42. The van der Waals surface area contributed by atoms with Crippen molar-refractivity contribution >= 4 is 33.6 Å². The number of phosphoric ester groups is 2. The number of aliphatic hydroxyl groups is 2. The fraction of sp³-hybridized carbons (Fsp3) is 0.691. The topological polar surface area (TPSA) is 231 Å². The van der Waals surface area contributed by atoms with E-state index in [2.05, 4.69) is 154 Å². The Balaban J connectivity index is 4.57. The zero-order valence-electron chi connectivity index (χ0n) is 61.9. The zero-order valence-corrected chi connectivity index (χ0v) is 63.7. The van der Waals surface area contributed by atoms with Crippen LogP contribution in [0.15, 0.2) is 134 Å². The summed E-state index contributed by atoms with van der Waals surface area (Å²) in [5.74, 6) is -1.60. The summed E-state index contributed by atoms with van der Waals surface area (Å²) in [5, 5.41) is 20.6. The van der Waals surface area contributed by atoms with Crippen LogP contribution in [0.4, 0.5) is 0 Å². The quantitative estimate of drug-likeness (QED) is 0.0146. The molecule has 18 heteroatoms. The second kappa shape index (κ2) is 73.4. The van der Waals surface area contributed by atoms with Crippen LogP contribution in [0.3, 0.4) is 0 Å². The van der Waals surface area contributed by atoms with Gasteiger partial charge < -0.3 is 34.2 Å². The van der Waals surface area contributed by atoms with E-state index in [4.69, 9.17) is 32.3 Å². The molecule has 0 aromatic heterocycles. The maximum absolute atomic E-state index is 12.9. The van der Waals surface area contributed by atoms with Crippen molar-refractivity contribution in [2.75, 3.05) is 39.6 Å². The molecule has 16 nitrogen and oxygen atoms in total. The molecule has 0 heterocycles. The molecule has 568 valence electrons. The molecule has 5 unspecified atom stereocenters. The minimum Gasteiger partial charge on any atom is -0.463 e. The number of carbonyl (C=O) groups is 3. The molecule has 0 bridgehead atoms. The van der Waals surface area contributed by atoms with E-state index >= 15 is 0 Å². The monoisotopic (exact) mass is 1430 g/mol. The number of rotatable bonds is 72. The Hall–Kier alpha value is -4.31. The highest BCUT2D eigenvalue weighted by Crippen LogP contribution is 2.45. The normalized spacial score (nSPS) is 14.8. The molecule has 0 aliphatic heterocycles. The first-order valence-corrected chi connectivity index (χ1v) is 41.5. The van der Waals surface area contributed by atoms with Gasteiger partial charge >= 0.3 is 33.6 Å². The standard InChI is InChI=1S/C81H138O16P2/c1-4-7-10-13-16-19-22-25-27-29-31-33-35-37-39-41-43-45-47-50-52-55-58-61-64-67-79(84)91-70-76(82)71-93-98(87,88)94-72-77(83)73-95-99(89,90)96-75-78(97-81(86)69-66-63-60-57-54-49-24-21-18-15-12-9-6-3)74-92-80(85)68-65-62-59-56-53-51-48-46-44-42-40-38-36-34-32-30-28-26-23-20-17-14-11-8-5-2/h7-8,10-11,16-17,19-21,24-28,31-34,37-40,76-78,82-83H,4-6,9,12-15,18,22-23,29-30,35-36,41-75H2,1-3H3,(H,87,88)(H,89,90)/b10-7-,11-8-,19-16-,20-17-,24-21-,27-25-,28-26-,33-31-,34-32-,39-37-,40-38-.